The zero-order valence-electron chi connectivity index (χ0n) is 12.8. The number of rotatable bonds is 3. The highest BCUT2D eigenvalue weighted by Gasteiger charge is 2.25. The summed E-state index contributed by atoms with van der Waals surface area (Å²) in [5.74, 6) is 1.28. The van der Waals surface area contributed by atoms with E-state index < -0.39 is 0 Å². The van der Waals surface area contributed by atoms with Crippen LogP contribution in [0.15, 0.2) is 24.3 Å². The molecule has 0 spiro atoms. The van der Waals surface area contributed by atoms with Crippen LogP contribution in [-0.4, -0.2) is 41.2 Å². The van der Waals surface area contributed by atoms with Gasteiger partial charge in [-0.05, 0) is 37.1 Å². The van der Waals surface area contributed by atoms with E-state index >= 15 is 0 Å². The average molecular weight is 317 g/mol. The van der Waals surface area contributed by atoms with E-state index in [1.54, 1.807) is 25.4 Å². The van der Waals surface area contributed by atoms with Gasteiger partial charge in [0.25, 0.3) is 0 Å². The average Bonchev–Trinajstić information content (AvgIpc) is 3.05. The summed E-state index contributed by atoms with van der Waals surface area (Å²) >= 11 is 1.62. The summed E-state index contributed by atoms with van der Waals surface area (Å²) in [6.45, 7) is 3.24. The number of benzene rings is 1. The fourth-order valence-electron chi connectivity index (χ4n) is 2.71. The molecule has 6 heteroatoms. The van der Waals surface area contributed by atoms with Gasteiger partial charge in [-0.25, -0.2) is 0 Å². The first-order valence-corrected chi connectivity index (χ1v) is 8.22. The Morgan fingerprint density at radius 1 is 1.32 bits per heavy atom. The van der Waals surface area contributed by atoms with E-state index in [1.165, 1.54) is 0 Å². The summed E-state index contributed by atoms with van der Waals surface area (Å²) in [5.41, 5.74) is 1.05. The molecule has 2 aromatic rings. The molecule has 0 saturated carbocycles. The first-order chi connectivity index (χ1) is 10.7. The molecule has 1 aromatic carbocycles. The summed E-state index contributed by atoms with van der Waals surface area (Å²) in [5, 5.41) is 10.6. The zero-order chi connectivity index (χ0) is 15.5. The quantitative estimate of drug-likeness (QED) is 0.873. The molecule has 0 bridgehead atoms. The second-order valence-electron chi connectivity index (χ2n) is 5.48. The Bertz CT molecular complexity index is 654. The molecule has 1 saturated heterocycles. The van der Waals surface area contributed by atoms with Crippen LogP contribution in [0.4, 0.5) is 0 Å². The number of amides is 1. The predicted octanol–water partition coefficient (Wildman–Crippen LogP) is 2.94. The van der Waals surface area contributed by atoms with Crippen LogP contribution in [0.25, 0.3) is 10.6 Å². The number of likely N-dealkylation sites (tertiary alicyclic amines) is 1. The van der Waals surface area contributed by atoms with Gasteiger partial charge in [0, 0.05) is 31.5 Å². The third-order valence-corrected chi connectivity index (χ3v) is 5.13. The van der Waals surface area contributed by atoms with Crippen molar-refractivity contribution in [3.05, 3.63) is 29.3 Å². The highest BCUT2D eigenvalue weighted by atomic mass is 32.1. The zero-order valence-corrected chi connectivity index (χ0v) is 13.6. The van der Waals surface area contributed by atoms with Crippen molar-refractivity contribution in [1.82, 2.24) is 15.1 Å². The Balaban J connectivity index is 1.76. The van der Waals surface area contributed by atoms with Gasteiger partial charge in [0.2, 0.25) is 5.91 Å². The maximum Gasteiger partial charge on any atom is 0.219 e. The molecule has 0 unspecified atom stereocenters. The van der Waals surface area contributed by atoms with Crippen molar-refractivity contribution >= 4 is 17.2 Å². The molecule has 1 aromatic heterocycles. The standard InChI is InChI=1S/C16H19N3O2S/c1-11(20)19-9-3-4-13(10-19)16-18-17-15(22-16)12-5-7-14(21-2)8-6-12/h5-8,13H,3-4,9-10H2,1-2H3/t13-/m0/s1. The third-order valence-electron chi connectivity index (χ3n) is 3.99. The first-order valence-electron chi connectivity index (χ1n) is 7.40. The summed E-state index contributed by atoms with van der Waals surface area (Å²) in [6.07, 6.45) is 2.10. The number of ether oxygens (including phenoxy) is 1. The van der Waals surface area contributed by atoms with Crippen LogP contribution in [0.3, 0.4) is 0 Å². The number of carbonyl (C=O) groups excluding carboxylic acids is 1. The minimum atomic E-state index is 0.143. The number of piperidine rings is 1. The fourth-order valence-corrected chi connectivity index (χ4v) is 3.69. The molecule has 5 nitrogen and oxygen atoms in total. The van der Waals surface area contributed by atoms with Crippen LogP contribution in [0.1, 0.15) is 30.7 Å². The summed E-state index contributed by atoms with van der Waals surface area (Å²) in [6, 6.07) is 7.83. The number of nitrogens with zero attached hydrogens (tertiary/aromatic N) is 3. The maximum atomic E-state index is 11.5. The van der Waals surface area contributed by atoms with E-state index in [-0.39, 0.29) is 5.91 Å². The minimum absolute atomic E-state index is 0.143. The van der Waals surface area contributed by atoms with Gasteiger partial charge in [0.15, 0.2) is 0 Å². The molecule has 3 rings (SSSR count). The summed E-state index contributed by atoms with van der Waals surface area (Å²) < 4.78 is 5.17. The van der Waals surface area contributed by atoms with E-state index in [0.717, 1.165) is 47.3 Å². The molecule has 0 radical (unpaired) electrons. The van der Waals surface area contributed by atoms with Crippen molar-refractivity contribution in [3.63, 3.8) is 0 Å². The van der Waals surface area contributed by atoms with Crippen LogP contribution in [0.5, 0.6) is 5.75 Å². The lowest BCUT2D eigenvalue weighted by molar-refractivity contribution is -0.130. The predicted molar refractivity (Wildman–Crippen MR) is 86.1 cm³/mol. The molecule has 1 aliphatic rings. The Morgan fingerprint density at radius 3 is 2.77 bits per heavy atom. The molecule has 1 atom stereocenters. The lowest BCUT2D eigenvalue weighted by Crippen LogP contribution is -2.37. The van der Waals surface area contributed by atoms with Crippen LogP contribution >= 0.6 is 11.3 Å². The third kappa shape index (κ3) is 3.11. The molecular weight excluding hydrogens is 298 g/mol. The molecule has 116 valence electrons. The summed E-state index contributed by atoms with van der Waals surface area (Å²) in [7, 11) is 1.65. The first kappa shape index (κ1) is 15.0. The van der Waals surface area contributed by atoms with Crippen LogP contribution < -0.4 is 4.74 Å². The molecule has 1 amide bonds. The second kappa shape index (κ2) is 6.44. The number of hydrogen-bond acceptors (Lipinski definition) is 5. The van der Waals surface area contributed by atoms with Crippen molar-refractivity contribution in [1.29, 1.82) is 0 Å². The van der Waals surface area contributed by atoms with Gasteiger partial charge < -0.3 is 9.64 Å². The molecule has 1 fully saturated rings. The van der Waals surface area contributed by atoms with E-state index in [4.69, 9.17) is 4.74 Å². The Labute approximate surface area is 133 Å². The highest BCUT2D eigenvalue weighted by molar-refractivity contribution is 7.14. The van der Waals surface area contributed by atoms with Gasteiger partial charge in [-0.15, -0.1) is 10.2 Å². The van der Waals surface area contributed by atoms with E-state index in [1.807, 2.05) is 29.2 Å². The Hall–Kier alpha value is -1.95. The molecule has 0 N–H and O–H groups in total. The normalized spacial score (nSPS) is 18.3. The largest absolute Gasteiger partial charge is 0.497 e. The van der Waals surface area contributed by atoms with Gasteiger partial charge >= 0.3 is 0 Å². The van der Waals surface area contributed by atoms with Crippen molar-refractivity contribution in [2.24, 2.45) is 0 Å². The van der Waals surface area contributed by atoms with Crippen molar-refractivity contribution in [2.75, 3.05) is 20.2 Å². The van der Waals surface area contributed by atoms with E-state index in [9.17, 15) is 4.79 Å². The SMILES string of the molecule is COc1ccc(-c2nnc([C@H]3CCCN(C(C)=O)C3)s2)cc1. The van der Waals surface area contributed by atoms with Crippen molar-refractivity contribution < 1.29 is 9.53 Å². The van der Waals surface area contributed by atoms with Crippen molar-refractivity contribution in [2.45, 2.75) is 25.7 Å². The van der Waals surface area contributed by atoms with Gasteiger partial charge in [-0.2, -0.15) is 0 Å². The Kier molecular flexibility index (Phi) is 4.38. The lowest BCUT2D eigenvalue weighted by atomic mass is 9.99. The number of carbonyl (C=O) groups is 1. The Morgan fingerprint density at radius 2 is 2.09 bits per heavy atom. The highest BCUT2D eigenvalue weighted by Crippen LogP contribution is 2.33. The number of methoxy groups -OCH3 is 1. The van der Waals surface area contributed by atoms with Crippen LogP contribution in [0.2, 0.25) is 0 Å². The minimum Gasteiger partial charge on any atom is -0.497 e. The van der Waals surface area contributed by atoms with Gasteiger partial charge in [-0.3, -0.25) is 4.79 Å². The number of hydrogen-bond donors (Lipinski definition) is 0. The molecule has 0 aliphatic carbocycles. The lowest BCUT2D eigenvalue weighted by Gasteiger charge is -2.30. The van der Waals surface area contributed by atoms with Crippen molar-refractivity contribution in [3.8, 4) is 16.3 Å². The second-order valence-corrected chi connectivity index (χ2v) is 6.49. The van der Waals surface area contributed by atoms with Crippen LogP contribution in [0, 0.1) is 0 Å². The maximum absolute atomic E-state index is 11.5. The monoisotopic (exact) mass is 317 g/mol. The van der Waals surface area contributed by atoms with Gasteiger partial charge in [0.1, 0.15) is 15.8 Å². The van der Waals surface area contributed by atoms with Gasteiger partial charge in [0.05, 0.1) is 7.11 Å². The van der Waals surface area contributed by atoms with E-state index in [0.29, 0.717) is 5.92 Å². The van der Waals surface area contributed by atoms with Crippen LogP contribution in [-0.2, 0) is 4.79 Å². The molecule has 1 aliphatic heterocycles. The molecule has 2 heterocycles. The van der Waals surface area contributed by atoms with E-state index in [2.05, 4.69) is 10.2 Å². The smallest absolute Gasteiger partial charge is 0.219 e. The molecule has 22 heavy (non-hydrogen) atoms. The number of aromatic nitrogens is 2. The molecular formula is C16H19N3O2S. The fraction of sp³-hybridized carbons (Fsp3) is 0.438. The topological polar surface area (TPSA) is 55.3 Å². The van der Waals surface area contributed by atoms with Gasteiger partial charge in [-0.1, -0.05) is 11.3 Å². The summed E-state index contributed by atoms with van der Waals surface area (Å²) in [4.78, 5) is 13.4.